The third kappa shape index (κ3) is 5.39. The molecule has 4 nitrogen and oxygen atoms in total. The second-order valence-corrected chi connectivity index (χ2v) is 6.07. The molecule has 0 aromatic heterocycles. The summed E-state index contributed by atoms with van der Waals surface area (Å²) in [5.41, 5.74) is 0.0491. The predicted molar refractivity (Wildman–Crippen MR) is 74.5 cm³/mol. The van der Waals surface area contributed by atoms with E-state index in [1.807, 2.05) is 7.05 Å². The van der Waals surface area contributed by atoms with Gasteiger partial charge in [-0.2, -0.15) is 0 Å². The lowest BCUT2D eigenvalue weighted by Gasteiger charge is -2.28. The fraction of sp³-hybridized carbons (Fsp3) is 0.923. The first kappa shape index (κ1) is 14.3. The Morgan fingerprint density at radius 1 is 1.41 bits per heavy atom. The maximum atomic E-state index is 4.24. The number of rotatable bonds is 4. The van der Waals surface area contributed by atoms with E-state index < -0.39 is 0 Å². The summed E-state index contributed by atoms with van der Waals surface area (Å²) in [6.45, 7) is 9.61. The van der Waals surface area contributed by atoms with Gasteiger partial charge in [-0.15, -0.1) is 0 Å². The van der Waals surface area contributed by atoms with Crippen LogP contribution in [0.4, 0.5) is 0 Å². The normalized spacial score (nSPS) is 19.4. The summed E-state index contributed by atoms with van der Waals surface area (Å²) in [5, 5.41) is 6.75. The van der Waals surface area contributed by atoms with E-state index in [0.29, 0.717) is 6.04 Å². The molecule has 0 spiro atoms. The first-order valence-corrected chi connectivity index (χ1v) is 6.54. The SMILES string of the molecule is CN=C(NCC(C)N(C)C1CC1)NC(C)(C)C. The first-order valence-electron chi connectivity index (χ1n) is 6.54. The van der Waals surface area contributed by atoms with Gasteiger partial charge in [-0.05, 0) is 47.6 Å². The minimum atomic E-state index is 0.0491. The van der Waals surface area contributed by atoms with Crippen molar-refractivity contribution < 1.29 is 0 Å². The third-order valence-corrected chi connectivity index (χ3v) is 3.10. The fourth-order valence-electron chi connectivity index (χ4n) is 1.76. The Balaban J connectivity index is 2.32. The molecule has 1 aliphatic rings. The Kier molecular flexibility index (Phi) is 4.80. The van der Waals surface area contributed by atoms with E-state index in [1.54, 1.807) is 0 Å². The predicted octanol–water partition coefficient (Wildman–Crippen LogP) is 1.43. The number of likely N-dealkylation sites (N-methyl/N-ethyl adjacent to an activating group) is 1. The lowest BCUT2D eigenvalue weighted by molar-refractivity contribution is 0.247. The van der Waals surface area contributed by atoms with Crippen LogP contribution < -0.4 is 10.6 Å². The van der Waals surface area contributed by atoms with Crippen LogP contribution in [-0.4, -0.2) is 49.1 Å². The van der Waals surface area contributed by atoms with Crippen LogP contribution in [0, 0.1) is 0 Å². The van der Waals surface area contributed by atoms with Gasteiger partial charge in [0.05, 0.1) is 0 Å². The monoisotopic (exact) mass is 240 g/mol. The molecular formula is C13H28N4. The van der Waals surface area contributed by atoms with Gasteiger partial charge < -0.3 is 10.6 Å². The van der Waals surface area contributed by atoms with Crippen LogP contribution in [0.15, 0.2) is 4.99 Å². The van der Waals surface area contributed by atoms with Crippen LogP contribution in [0.2, 0.25) is 0 Å². The highest BCUT2D eigenvalue weighted by Crippen LogP contribution is 2.26. The summed E-state index contributed by atoms with van der Waals surface area (Å²) in [6, 6.07) is 1.35. The molecule has 2 N–H and O–H groups in total. The Hall–Kier alpha value is -0.770. The van der Waals surface area contributed by atoms with Gasteiger partial charge in [0.25, 0.3) is 0 Å². The number of nitrogens with zero attached hydrogens (tertiary/aromatic N) is 2. The second kappa shape index (κ2) is 5.71. The smallest absolute Gasteiger partial charge is 0.191 e. The zero-order valence-electron chi connectivity index (χ0n) is 12.2. The van der Waals surface area contributed by atoms with Gasteiger partial charge in [0.2, 0.25) is 0 Å². The zero-order chi connectivity index (χ0) is 13.1. The summed E-state index contributed by atoms with van der Waals surface area (Å²) in [5.74, 6) is 0.883. The van der Waals surface area contributed by atoms with E-state index in [0.717, 1.165) is 18.5 Å². The average molecular weight is 240 g/mol. The highest BCUT2D eigenvalue weighted by molar-refractivity contribution is 5.80. The third-order valence-electron chi connectivity index (χ3n) is 3.10. The molecule has 1 saturated carbocycles. The van der Waals surface area contributed by atoms with Crippen molar-refractivity contribution in [2.45, 2.75) is 58.2 Å². The van der Waals surface area contributed by atoms with Crippen molar-refractivity contribution in [1.82, 2.24) is 15.5 Å². The first-order chi connectivity index (χ1) is 7.83. The minimum Gasteiger partial charge on any atom is -0.355 e. The van der Waals surface area contributed by atoms with Crippen molar-refractivity contribution in [3.8, 4) is 0 Å². The number of hydrogen-bond acceptors (Lipinski definition) is 2. The summed E-state index contributed by atoms with van der Waals surface area (Å²) in [4.78, 5) is 6.70. The van der Waals surface area contributed by atoms with Gasteiger partial charge in [0.1, 0.15) is 0 Å². The number of hydrogen-bond donors (Lipinski definition) is 2. The van der Waals surface area contributed by atoms with E-state index in [-0.39, 0.29) is 5.54 Å². The van der Waals surface area contributed by atoms with E-state index in [9.17, 15) is 0 Å². The largest absolute Gasteiger partial charge is 0.355 e. The fourth-order valence-corrected chi connectivity index (χ4v) is 1.76. The number of aliphatic imine (C=N–C) groups is 1. The number of nitrogens with one attached hydrogen (secondary N) is 2. The Morgan fingerprint density at radius 3 is 2.41 bits per heavy atom. The van der Waals surface area contributed by atoms with Crippen molar-refractivity contribution >= 4 is 5.96 Å². The highest BCUT2D eigenvalue weighted by atomic mass is 15.2. The van der Waals surface area contributed by atoms with Gasteiger partial charge in [0, 0.05) is 31.2 Å². The van der Waals surface area contributed by atoms with Gasteiger partial charge >= 0.3 is 0 Å². The molecule has 1 rings (SSSR count). The molecule has 0 saturated heterocycles. The molecule has 4 heteroatoms. The average Bonchev–Trinajstić information content (AvgIpc) is 3.04. The summed E-state index contributed by atoms with van der Waals surface area (Å²) in [6.07, 6.45) is 2.71. The molecule has 0 aliphatic heterocycles. The maximum Gasteiger partial charge on any atom is 0.191 e. The molecule has 1 fully saturated rings. The second-order valence-electron chi connectivity index (χ2n) is 6.07. The van der Waals surface area contributed by atoms with Crippen molar-refractivity contribution in [3.05, 3.63) is 0 Å². The van der Waals surface area contributed by atoms with Gasteiger partial charge in [-0.1, -0.05) is 0 Å². The van der Waals surface area contributed by atoms with Crippen LogP contribution in [0.3, 0.4) is 0 Å². The van der Waals surface area contributed by atoms with Crippen LogP contribution in [0.5, 0.6) is 0 Å². The molecule has 0 heterocycles. The topological polar surface area (TPSA) is 39.7 Å². The standard InChI is InChI=1S/C13H28N4/c1-10(17(6)11-7-8-11)9-15-12(14-5)16-13(2,3)4/h10-11H,7-9H2,1-6H3,(H2,14,15,16). The molecule has 1 aliphatic carbocycles. The van der Waals surface area contributed by atoms with E-state index in [4.69, 9.17) is 0 Å². The molecule has 0 aromatic carbocycles. The Labute approximate surface area is 106 Å². The molecule has 0 aromatic rings. The summed E-state index contributed by atoms with van der Waals surface area (Å²) >= 11 is 0. The summed E-state index contributed by atoms with van der Waals surface area (Å²) in [7, 11) is 4.03. The van der Waals surface area contributed by atoms with Crippen molar-refractivity contribution in [3.63, 3.8) is 0 Å². The molecule has 0 radical (unpaired) electrons. The Morgan fingerprint density at radius 2 is 2.00 bits per heavy atom. The molecular weight excluding hydrogens is 212 g/mol. The molecule has 0 amide bonds. The van der Waals surface area contributed by atoms with Crippen molar-refractivity contribution in [1.29, 1.82) is 0 Å². The molecule has 1 unspecified atom stereocenters. The quantitative estimate of drug-likeness (QED) is 0.577. The van der Waals surface area contributed by atoms with Crippen LogP contribution in [0.25, 0.3) is 0 Å². The maximum absolute atomic E-state index is 4.24. The van der Waals surface area contributed by atoms with Crippen molar-refractivity contribution in [2.75, 3.05) is 20.6 Å². The summed E-state index contributed by atoms with van der Waals surface area (Å²) < 4.78 is 0. The van der Waals surface area contributed by atoms with Crippen LogP contribution >= 0.6 is 0 Å². The molecule has 0 bridgehead atoms. The lowest BCUT2D eigenvalue weighted by atomic mass is 10.1. The van der Waals surface area contributed by atoms with Gasteiger partial charge in [-0.25, -0.2) is 0 Å². The molecule has 1 atom stereocenters. The minimum absolute atomic E-state index is 0.0491. The Bertz CT molecular complexity index is 263. The highest BCUT2D eigenvalue weighted by Gasteiger charge is 2.29. The zero-order valence-corrected chi connectivity index (χ0v) is 12.2. The number of guanidine groups is 1. The van der Waals surface area contributed by atoms with E-state index in [2.05, 4.69) is 55.3 Å². The van der Waals surface area contributed by atoms with Gasteiger partial charge in [-0.3, -0.25) is 9.89 Å². The van der Waals surface area contributed by atoms with Crippen LogP contribution in [-0.2, 0) is 0 Å². The molecule has 100 valence electrons. The lowest BCUT2D eigenvalue weighted by Crippen LogP contribution is -2.50. The van der Waals surface area contributed by atoms with E-state index in [1.165, 1.54) is 12.8 Å². The van der Waals surface area contributed by atoms with Crippen LogP contribution in [0.1, 0.15) is 40.5 Å². The van der Waals surface area contributed by atoms with Gasteiger partial charge in [0.15, 0.2) is 5.96 Å². The van der Waals surface area contributed by atoms with Crippen molar-refractivity contribution in [2.24, 2.45) is 4.99 Å². The molecule has 17 heavy (non-hydrogen) atoms. The van der Waals surface area contributed by atoms with E-state index >= 15 is 0 Å².